The predicted molar refractivity (Wildman–Crippen MR) is 244 cm³/mol. The number of nitrogen functional groups attached to an aromatic ring is 1. The highest BCUT2D eigenvalue weighted by molar-refractivity contribution is 6.30. The Balaban J connectivity index is 0.929. The van der Waals surface area contributed by atoms with Gasteiger partial charge in [0.2, 0.25) is 11.8 Å². The summed E-state index contributed by atoms with van der Waals surface area (Å²) in [5.41, 5.74) is 5.57. The number of amidine groups is 1. The molecule has 2 aromatic carbocycles. The number of anilines is 1. The smallest absolute Gasteiger partial charge is 0.229 e. The summed E-state index contributed by atoms with van der Waals surface area (Å²) in [7, 11) is 1.87. The average Bonchev–Trinajstić information content (AvgIpc) is 4.06. The van der Waals surface area contributed by atoms with Crippen molar-refractivity contribution in [3.05, 3.63) is 131 Å². The summed E-state index contributed by atoms with van der Waals surface area (Å²) in [4.78, 5) is 40.8. The van der Waals surface area contributed by atoms with E-state index in [9.17, 15) is 9.59 Å². The minimum Gasteiger partial charge on any atom is -0.352 e. The van der Waals surface area contributed by atoms with Crippen LogP contribution in [-0.4, -0.2) is 93.6 Å². The summed E-state index contributed by atoms with van der Waals surface area (Å²) < 4.78 is 6.97. The first-order valence-corrected chi connectivity index (χ1v) is 21.4. The maximum atomic E-state index is 13.3. The fourth-order valence-electron chi connectivity index (χ4n) is 8.14. The molecular weight excluding hydrogens is 839 g/mol. The van der Waals surface area contributed by atoms with Crippen LogP contribution in [-0.2, 0) is 28.8 Å². The monoisotopic (exact) mass is 886 g/mol. The number of benzene rings is 2. The van der Waals surface area contributed by atoms with Crippen molar-refractivity contribution in [3.63, 3.8) is 0 Å². The van der Waals surface area contributed by atoms with Crippen molar-refractivity contribution < 1.29 is 9.59 Å². The van der Waals surface area contributed by atoms with Crippen LogP contribution < -0.4 is 21.4 Å². The molecule has 0 saturated carbocycles. The number of halogens is 2. The lowest BCUT2D eigenvalue weighted by Crippen LogP contribution is -2.62. The minimum absolute atomic E-state index is 0.00940. The molecule has 9 rings (SSSR count). The quantitative estimate of drug-likeness (QED) is 0.0791. The molecular formula is C45H48Cl2N14O2. The normalized spacial score (nSPS) is 15.9. The molecule has 63 heavy (non-hydrogen) atoms. The number of carbonyl (C=O) groups excluding carboxylic acids is 2. The lowest BCUT2D eigenvalue weighted by Gasteiger charge is -2.47. The SMILES string of the molecule is CC(C(=O)NC1CN(/C(=N/C(C)(C)n2cc(-c3cc4c(N5CC(C)(C(=O)NCc6ccc(Cl)cc6)C5)ncnn4c3)cn2)c2cc(-c3cnn(C)c3)cn2N)C1)c1ccc(Cl)cc1. The summed E-state index contributed by atoms with van der Waals surface area (Å²) in [6, 6.07) is 18.8. The van der Waals surface area contributed by atoms with Crippen molar-refractivity contribution in [3.8, 4) is 22.3 Å². The van der Waals surface area contributed by atoms with Crippen LogP contribution in [0.4, 0.5) is 5.82 Å². The molecule has 2 saturated heterocycles. The highest BCUT2D eigenvalue weighted by atomic mass is 35.5. The fourth-order valence-corrected chi connectivity index (χ4v) is 8.39. The van der Waals surface area contributed by atoms with Gasteiger partial charge in [0, 0.05) is 96.9 Å². The number of hydrogen-bond acceptors (Lipinski definition) is 9. The van der Waals surface area contributed by atoms with Gasteiger partial charge in [-0.2, -0.15) is 15.3 Å². The molecule has 16 nitrogen and oxygen atoms in total. The summed E-state index contributed by atoms with van der Waals surface area (Å²) in [5, 5.41) is 21.2. The first-order chi connectivity index (χ1) is 30.1. The van der Waals surface area contributed by atoms with Crippen molar-refractivity contribution >= 4 is 52.2 Å². The van der Waals surface area contributed by atoms with Crippen LogP contribution in [0.1, 0.15) is 50.4 Å². The molecule has 7 heterocycles. The number of rotatable bonds is 12. The molecule has 0 radical (unpaired) electrons. The summed E-state index contributed by atoms with van der Waals surface area (Å²) >= 11 is 12.1. The fraction of sp³-hybridized carbons (Fsp3) is 0.311. The molecule has 2 aliphatic rings. The van der Waals surface area contributed by atoms with E-state index in [4.69, 9.17) is 39.1 Å². The van der Waals surface area contributed by atoms with Crippen LogP contribution in [0.5, 0.6) is 0 Å². The van der Waals surface area contributed by atoms with Crippen molar-refractivity contribution in [1.82, 2.24) is 54.4 Å². The van der Waals surface area contributed by atoms with E-state index in [0.717, 1.165) is 44.7 Å². The molecule has 324 valence electrons. The van der Waals surface area contributed by atoms with E-state index in [-0.39, 0.29) is 23.8 Å². The zero-order valence-corrected chi connectivity index (χ0v) is 37.1. The van der Waals surface area contributed by atoms with E-state index in [1.165, 1.54) is 6.33 Å². The highest BCUT2D eigenvalue weighted by Gasteiger charge is 2.46. The van der Waals surface area contributed by atoms with Gasteiger partial charge in [-0.25, -0.2) is 19.2 Å². The van der Waals surface area contributed by atoms with E-state index >= 15 is 0 Å². The van der Waals surface area contributed by atoms with Gasteiger partial charge in [0.25, 0.3) is 0 Å². The van der Waals surface area contributed by atoms with Crippen molar-refractivity contribution in [2.24, 2.45) is 17.5 Å². The number of hydrogen-bond donors (Lipinski definition) is 3. The molecule has 2 amide bonds. The number of likely N-dealkylation sites (tertiary alicyclic amines) is 1. The number of nitrogens with one attached hydrogen (secondary N) is 2. The molecule has 4 N–H and O–H groups in total. The van der Waals surface area contributed by atoms with Crippen LogP contribution in [0.2, 0.25) is 10.0 Å². The largest absolute Gasteiger partial charge is 0.352 e. The van der Waals surface area contributed by atoms with Crippen LogP contribution in [0.25, 0.3) is 27.8 Å². The maximum absolute atomic E-state index is 13.3. The number of nitrogens with two attached hydrogens (primary N) is 1. The van der Waals surface area contributed by atoms with Crippen molar-refractivity contribution in [2.75, 3.05) is 36.9 Å². The Morgan fingerprint density at radius 3 is 2.27 bits per heavy atom. The first kappa shape index (κ1) is 41.7. The molecule has 0 spiro atoms. The van der Waals surface area contributed by atoms with E-state index in [1.54, 1.807) is 32.2 Å². The minimum atomic E-state index is -0.871. The number of aliphatic imine (C=N–C) groups is 1. The molecule has 5 aromatic heterocycles. The van der Waals surface area contributed by atoms with Crippen LogP contribution in [0.15, 0.2) is 109 Å². The van der Waals surface area contributed by atoms with Gasteiger partial charge in [0.15, 0.2) is 11.7 Å². The lowest BCUT2D eigenvalue weighted by molar-refractivity contribution is -0.131. The van der Waals surface area contributed by atoms with Gasteiger partial charge in [-0.15, -0.1) is 0 Å². The Bertz CT molecular complexity index is 2840. The Hall–Kier alpha value is -6.65. The van der Waals surface area contributed by atoms with E-state index < -0.39 is 11.1 Å². The summed E-state index contributed by atoms with van der Waals surface area (Å²) in [6.45, 7) is 10.4. The number of amides is 2. The number of aryl methyl sites for hydroxylation is 1. The Morgan fingerprint density at radius 1 is 0.905 bits per heavy atom. The Labute approximate surface area is 374 Å². The molecule has 0 bridgehead atoms. The van der Waals surface area contributed by atoms with Gasteiger partial charge in [-0.1, -0.05) is 47.5 Å². The molecule has 1 unspecified atom stereocenters. The Morgan fingerprint density at radius 2 is 1.57 bits per heavy atom. The molecule has 0 aliphatic carbocycles. The zero-order chi connectivity index (χ0) is 44.2. The van der Waals surface area contributed by atoms with Gasteiger partial charge >= 0.3 is 0 Å². The first-order valence-electron chi connectivity index (χ1n) is 20.7. The van der Waals surface area contributed by atoms with Crippen LogP contribution in [0.3, 0.4) is 0 Å². The van der Waals surface area contributed by atoms with E-state index in [1.807, 2.05) is 119 Å². The zero-order valence-electron chi connectivity index (χ0n) is 35.6. The van der Waals surface area contributed by atoms with Crippen molar-refractivity contribution in [1.29, 1.82) is 0 Å². The average molecular weight is 888 g/mol. The third kappa shape index (κ3) is 8.35. The molecule has 2 fully saturated rings. The van der Waals surface area contributed by atoms with Crippen LogP contribution in [0, 0.1) is 5.41 Å². The maximum Gasteiger partial charge on any atom is 0.229 e. The second-order valence-corrected chi connectivity index (χ2v) is 18.2. The van der Waals surface area contributed by atoms with Crippen molar-refractivity contribution in [2.45, 2.75) is 51.9 Å². The van der Waals surface area contributed by atoms with Gasteiger partial charge in [-0.05, 0) is 75.2 Å². The number of fused-ring (bicyclic) bond motifs is 1. The topological polar surface area (TPSA) is 174 Å². The highest BCUT2D eigenvalue weighted by Crippen LogP contribution is 2.37. The number of carbonyl (C=O) groups is 2. The van der Waals surface area contributed by atoms with Gasteiger partial charge in [-0.3, -0.25) is 18.9 Å². The lowest BCUT2D eigenvalue weighted by atomic mass is 9.81. The molecule has 7 aromatic rings. The third-order valence-electron chi connectivity index (χ3n) is 11.9. The molecule has 18 heteroatoms. The third-order valence-corrected chi connectivity index (χ3v) is 12.4. The van der Waals surface area contributed by atoms with Gasteiger partial charge in [0.05, 0.1) is 29.8 Å². The number of aromatic nitrogens is 8. The Kier molecular flexibility index (Phi) is 10.7. The number of nitrogens with zero attached hydrogens (tertiary/aromatic N) is 11. The second-order valence-electron chi connectivity index (χ2n) is 17.3. The predicted octanol–water partition coefficient (Wildman–Crippen LogP) is 5.70. The van der Waals surface area contributed by atoms with Gasteiger partial charge < -0.3 is 26.3 Å². The van der Waals surface area contributed by atoms with E-state index in [2.05, 4.69) is 35.6 Å². The standard InChI is InChI=1S/C45H48Cl2N14O2/c1-28(30-8-12-36(47)13-9-30)42(62)54-37-23-57(24-37)41(38-14-31(20-59(38)48)33-17-51-56(5)19-33)55-44(2,3)61-22-34(18-52-61)32-15-39-40(50-27-53-60(39)21-32)58-25-45(4,26-58)43(63)49-16-29-6-10-35(46)11-7-29/h6-15,17-22,27-28,37H,16,23-26,48H2,1-5H3,(H,49,63)(H,54,62)/b55-41+. The molecule has 1 atom stereocenters. The summed E-state index contributed by atoms with van der Waals surface area (Å²) in [5.74, 6) is 7.68. The second kappa shape index (κ2) is 16.2. The van der Waals surface area contributed by atoms with E-state index in [0.29, 0.717) is 54.3 Å². The molecule has 2 aliphatic heterocycles. The van der Waals surface area contributed by atoms with Crippen LogP contribution >= 0.6 is 23.2 Å². The summed E-state index contributed by atoms with van der Waals surface area (Å²) in [6.07, 6.45) is 12.9. The van der Waals surface area contributed by atoms with Gasteiger partial charge in [0.1, 0.15) is 23.2 Å².